The number of aromatic nitrogens is 5. The molecule has 0 saturated carbocycles. The normalized spacial score (nSPS) is 13.0. The van der Waals surface area contributed by atoms with E-state index >= 15 is 0 Å². The van der Waals surface area contributed by atoms with Crippen molar-refractivity contribution in [2.75, 3.05) is 11.3 Å². The van der Waals surface area contributed by atoms with Crippen molar-refractivity contribution in [1.29, 1.82) is 0 Å². The molecular formula is C28H31N7O3S. The third-order valence-corrected chi connectivity index (χ3v) is 8.10. The largest absolute Gasteiger partial charge is 0.387 e. The summed E-state index contributed by atoms with van der Waals surface area (Å²) in [6.07, 6.45) is 2.09. The van der Waals surface area contributed by atoms with Crippen LogP contribution in [-0.4, -0.2) is 50.8 Å². The Hall–Kier alpha value is -4.06. The van der Waals surface area contributed by atoms with E-state index in [0.29, 0.717) is 23.6 Å². The van der Waals surface area contributed by atoms with Gasteiger partial charge in [-0.05, 0) is 79.6 Å². The Kier molecular flexibility index (Phi) is 7.47. The number of fused-ring (bicyclic) bond motifs is 1. The third-order valence-electron chi connectivity index (χ3n) is 6.70. The van der Waals surface area contributed by atoms with Crippen LogP contribution in [0.3, 0.4) is 0 Å². The molecule has 10 nitrogen and oxygen atoms in total. The van der Waals surface area contributed by atoms with Crippen LogP contribution in [0.1, 0.15) is 31.9 Å². The van der Waals surface area contributed by atoms with Crippen LogP contribution < -0.4 is 10.0 Å². The summed E-state index contributed by atoms with van der Waals surface area (Å²) in [5.41, 5.74) is 2.79. The number of tetrazole rings is 1. The Morgan fingerprint density at radius 2 is 1.85 bits per heavy atom. The van der Waals surface area contributed by atoms with Gasteiger partial charge in [-0.15, -0.1) is 10.2 Å². The molecule has 0 spiro atoms. The number of sulfonamides is 1. The lowest BCUT2D eigenvalue weighted by Crippen LogP contribution is -2.42. The summed E-state index contributed by atoms with van der Waals surface area (Å²) in [5.74, 6) is 0.563. The summed E-state index contributed by atoms with van der Waals surface area (Å²) >= 11 is 0. The van der Waals surface area contributed by atoms with Crippen LogP contribution in [0, 0.1) is 0 Å². The fraction of sp³-hybridized carbons (Fsp3) is 0.250. The zero-order valence-corrected chi connectivity index (χ0v) is 22.6. The summed E-state index contributed by atoms with van der Waals surface area (Å²) in [5, 5.41) is 29.6. The first kappa shape index (κ1) is 26.5. The number of hydrogen-bond donors (Lipinski definition) is 4. The zero-order valence-electron chi connectivity index (χ0n) is 21.7. The zero-order chi connectivity index (χ0) is 27.5. The van der Waals surface area contributed by atoms with Crippen LogP contribution in [0.25, 0.3) is 22.3 Å². The van der Waals surface area contributed by atoms with Gasteiger partial charge in [0.2, 0.25) is 5.82 Å². The molecule has 0 fully saturated rings. The van der Waals surface area contributed by atoms with Gasteiger partial charge in [-0.25, -0.2) is 8.42 Å². The third kappa shape index (κ3) is 6.33. The molecule has 0 amide bonds. The van der Waals surface area contributed by atoms with E-state index in [9.17, 15) is 13.5 Å². The molecule has 11 heteroatoms. The molecule has 0 radical (unpaired) electrons. The fourth-order valence-electron chi connectivity index (χ4n) is 4.42. The van der Waals surface area contributed by atoms with Gasteiger partial charge in [-0.2, -0.15) is 5.21 Å². The Balaban J connectivity index is 1.18. The van der Waals surface area contributed by atoms with Crippen molar-refractivity contribution in [3.05, 3.63) is 90.6 Å². The first-order chi connectivity index (χ1) is 18.7. The fourth-order valence-corrected chi connectivity index (χ4v) is 5.49. The topological polar surface area (TPSA) is 138 Å². The van der Waals surface area contributed by atoms with E-state index in [-0.39, 0.29) is 10.4 Å². The lowest BCUT2D eigenvalue weighted by atomic mass is 9.99. The second kappa shape index (κ2) is 11.0. The smallest absolute Gasteiger partial charge is 0.261 e. The highest BCUT2D eigenvalue weighted by molar-refractivity contribution is 7.92. The first-order valence-corrected chi connectivity index (χ1v) is 14.1. The maximum absolute atomic E-state index is 12.7. The van der Waals surface area contributed by atoms with Gasteiger partial charge in [0.1, 0.15) is 0 Å². The van der Waals surface area contributed by atoms with Gasteiger partial charge in [0, 0.05) is 47.0 Å². The predicted octanol–water partition coefficient (Wildman–Crippen LogP) is 4.11. The van der Waals surface area contributed by atoms with E-state index in [1.54, 1.807) is 42.5 Å². The molecule has 0 unspecified atom stereocenters. The highest BCUT2D eigenvalue weighted by atomic mass is 32.2. The monoisotopic (exact) mass is 545 g/mol. The first-order valence-electron chi connectivity index (χ1n) is 12.6. The average Bonchev–Trinajstić information content (AvgIpc) is 3.61. The number of β-amino-alcohol motifs (C(OH)–C–C–N with tert-alkyl or cyclic N) is 1. The molecule has 202 valence electrons. The maximum atomic E-state index is 12.7. The van der Waals surface area contributed by atoms with Crippen molar-refractivity contribution in [2.45, 2.75) is 43.4 Å². The van der Waals surface area contributed by atoms with Crippen molar-refractivity contribution in [1.82, 2.24) is 30.5 Å². The predicted molar refractivity (Wildman–Crippen MR) is 150 cm³/mol. The van der Waals surface area contributed by atoms with Gasteiger partial charge in [0.05, 0.1) is 11.0 Å². The van der Waals surface area contributed by atoms with Gasteiger partial charge in [0.15, 0.2) is 0 Å². The van der Waals surface area contributed by atoms with Crippen molar-refractivity contribution in [3.63, 3.8) is 0 Å². The highest BCUT2D eigenvalue weighted by Gasteiger charge is 2.20. The SMILES string of the molecule is CC(C)(CCn1ccc2cc(-c3nn[nH]n3)ccc21)NC[C@H](O)c1cccc(NS(=O)(=O)c2ccccc2)c1. The molecule has 0 saturated heterocycles. The molecule has 2 heterocycles. The standard InChI is InChI=1S/C28H31N7O3S/c1-28(2,14-16-35-15-13-20-17-22(11-12-25(20)35)27-30-33-34-31-27)29-19-26(36)21-7-6-8-23(18-21)32-39(37,38)24-9-4-3-5-10-24/h3-13,15,17-18,26,29,32,36H,14,16,19H2,1-2H3,(H,30,31,33,34)/t26-/m0/s1. The molecule has 4 N–H and O–H groups in total. The minimum absolute atomic E-state index is 0.183. The van der Waals surface area contributed by atoms with Crippen LogP contribution in [0.4, 0.5) is 5.69 Å². The number of aliphatic hydroxyl groups excluding tert-OH is 1. The number of rotatable bonds is 11. The lowest BCUT2D eigenvalue weighted by Gasteiger charge is -2.28. The number of nitrogens with one attached hydrogen (secondary N) is 3. The van der Waals surface area contributed by atoms with E-state index in [4.69, 9.17) is 0 Å². The second-order valence-corrected chi connectivity index (χ2v) is 11.8. The number of H-pyrrole nitrogens is 1. The second-order valence-electron chi connectivity index (χ2n) is 10.1. The molecule has 39 heavy (non-hydrogen) atoms. The van der Waals surface area contributed by atoms with Crippen LogP contribution in [-0.2, 0) is 16.6 Å². The van der Waals surface area contributed by atoms with Gasteiger partial charge >= 0.3 is 0 Å². The molecule has 0 aliphatic heterocycles. The molecule has 2 aromatic heterocycles. The minimum Gasteiger partial charge on any atom is -0.387 e. The number of benzene rings is 3. The maximum Gasteiger partial charge on any atom is 0.261 e. The average molecular weight is 546 g/mol. The van der Waals surface area contributed by atoms with E-state index in [1.807, 2.05) is 12.1 Å². The Labute approximate surface area is 227 Å². The molecular weight excluding hydrogens is 514 g/mol. The molecule has 0 aliphatic rings. The Morgan fingerprint density at radius 1 is 1.03 bits per heavy atom. The molecule has 1 atom stereocenters. The molecule has 0 bridgehead atoms. The molecule has 5 aromatic rings. The summed E-state index contributed by atoms with van der Waals surface area (Å²) in [4.78, 5) is 0.183. The minimum atomic E-state index is -3.71. The Bertz CT molecular complexity index is 1650. The van der Waals surface area contributed by atoms with Gasteiger partial charge < -0.3 is 15.0 Å². The van der Waals surface area contributed by atoms with Crippen molar-refractivity contribution in [3.8, 4) is 11.4 Å². The number of nitrogens with zero attached hydrogens (tertiary/aromatic N) is 4. The summed E-state index contributed by atoms with van der Waals surface area (Å²) in [7, 11) is -3.71. The highest BCUT2D eigenvalue weighted by Crippen LogP contribution is 2.25. The van der Waals surface area contributed by atoms with Gasteiger partial charge in [-0.3, -0.25) is 4.72 Å². The molecule has 3 aromatic carbocycles. The van der Waals surface area contributed by atoms with Gasteiger partial charge in [0.25, 0.3) is 10.0 Å². The lowest BCUT2D eigenvalue weighted by molar-refractivity contribution is 0.158. The van der Waals surface area contributed by atoms with Gasteiger partial charge in [-0.1, -0.05) is 30.3 Å². The number of aromatic amines is 1. The van der Waals surface area contributed by atoms with E-state index in [2.05, 4.69) is 67.4 Å². The summed E-state index contributed by atoms with van der Waals surface area (Å²) < 4.78 is 30.1. The van der Waals surface area contributed by atoms with Crippen molar-refractivity contribution < 1.29 is 13.5 Å². The van der Waals surface area contributed by atoms with Crippen molar-refractivity contribution >= 4 is 26.6 Å². The quantitative estimate of drug-likeness (QED) is 0.196. The van der Waals surface area contributed by atoms with Crippen molar-refractivity contribution in [2.24, 2.45) is 0 Å². The molecule has 5 rings (SSSR count). The van der Waals surface area contributed by atoms with Crippen LogP contribution in [0.2, 0.25) is 0 Å². The van der Waals surface area contributed by atoms with Crippen LogP contribution in [0.5, 0.6) is 0 Å². The van der Waals surface area contributed by atoms with Crippen LogP contribution >= 0.6 is 0 Å². The number of hydrogen-bond acceptors (Lipinski definition) is 7. The van der Waals surface area contributed by atoms with Crippen LogP contribution in [0.15, 0.2) is 90.0 Å². The number of aryl methyl sites for hydroxylation is 1. The summed E-state index contributed by atoms with van der Waals surface area (Å²) in [6.45, 7) is 5.31. The summed E-state index contributed by atoms with van der Waals surface area (Å²) in [6, 6.07) is 23.2. The van der Waals surface area contributed by atoms with E-state index in [1.165, 1.54) is 12.1 Å². The number of aliphatic hydroxyl groups is 1. The Morgan fingerprint density at radius 3 is 2.62 bits per heavy atom. The van der Waals surface area contributed by atoms with E-state index in [0.717, 1.165) is 29.4 Å². The van der Waals surface area contributed by atoms with E-state index < -0.39 is 16.1 Å². The molecule has 0 aliphatic carbocycles. The number of anilines is 1.